The minimum absolute atomic E-state index is 0.0868. The Kier molecular flexibility index (Phi) is 6.88. The lowest BCUT2D eigenvalue weighted by atomic mass is 10.1. The molecule has 0 radical (unpaired) electrons. The van der Waals surface area contributed by atoms with Crippen LogP contribution in [0.15, 0.2) is 65.1 Å². The zero-order chi connectivity index (χ0) is 21.8. The number of halogens is 4. The van der Waals surface area contributed by atoms with Crippen LogP contribution in [0.25, 0.3) is 0 Å². The van der Waals surface area contributed by atoms with Gasteiger partial charge in [0.1, 0.15) is 5.75 Å². The number of benzene rings is 3. The molecule has 0 saturated heterocycles. The molecule has 158 valence electrons. The van der Waals surface area contributed by atoms with Gasteiger partial charge >= 0.3 is 0 Å². The summed E-state index contributed by atoms with van der Waals surface area (Å²) in [5.41, 5.74) is 2.41. The van der Waals surface area contributed by atoms with Crippen molar-refractivity contribution < 1.29 is 9.15 Å². The third-order valence-electron chi connectivity index (χ3n) is 4.34. The van der Waals surface area contributed by atoms with Crippen LogP contribution in [0, 0.1) is 0 Å². The molecular formula is C22H15Cl4N3O2. The van der Waals surface area contributed by atoms with Crippen molar-refractivity contribution in [3.05, 3.63) is 98.1 Å². The number of hydrogen-bond acceptors (Lipinski definition) is 5. The van der Waals surface area contributed by atoms with Gasteiger partial charge in [-0.15, -0.1) is 10.2 Å². The van der Waals surface area contributed by atoms with E-state index in [2.05, 4.69) is 15.5 Å². The van der Waals surface area contributed by atoms with Crippen LogP contribution >= 0.6 is 46.4 Å². The molecule has 1 heterocycles. The quantitative estimate of drug-likeness (QED) is 0.286. The maximum atomic E-state index is 6.28. The lowest BCUT2D eigenvalue weighted by molar-refractivity contribution is 0.259. The largest absolute Gasteiger partial charge is 0.482 e. The number of anilines is 2. The second-order valence-electron chi connectivity index (χ2n) is 6.51. The van der Waals surface area contributed by atoms with E-state index >= 15 is 0 Å². The molecule has 0 bridgehead atoms. The van der Waals surface area contributed by atoms with E-state index in [1.54, 1.807) is 36.4 Å². The van der Waals surface area contributed by atoms with Crippen molar-refractivity contribution in [3.8, 4) is 5.75 Å². The molecule has 5 nitrogen and oxygen atoms in total. The number of ether oxygens (including phenoxy) is 1. The number of para-hydroxylation sites is 2. The Morgan fingerprint density at radius 2 is 1.55 bits per heavy atom. The molecule has 0 amide bonds. The van der Waals surface area contributed by atoms with Gasteiger partial charge in [-0.05, 0) is 42.0 Å². The Hall–Kier alpha value is -2.44. The molecule has 4 aromatic rings. The average Bonchev–Trinajstić information content (AvgIpc) is 3.19. The first-order valence-electron chi connectivity index (χ1n) is 9.17. The topological polar surface area (TPSA) is 60.2 Å². The predicted octanol–water partition coefficient (Wildman–Crippen LogP) is 7.60. The third kappa shape index (κ3) is 5.43. The zero-order valence-electron chi connectivity index (χ0n) is 15.9. The molecule has 9 heteroatoms. The van der Waals surface area contributed by atoms with E-state index in [0.717, 1.165) is 11.3 Å². The molecule has 1 aromatic heterocycles. The summed E-state index contributed by atoms with van der Waals surface area (Å²) in [6, 6.07) is 18.1. The molecule has 0 saturated carbocycles. The van der Waals surface area contributed by atoms with Crippen LogP contribution in [-0.4, -0.2) is 10.2 Å². The highest BCUT2D eigenvalue weighted by Crippen LogP contribution is 2.34. The van der Waals surface area contributed by atoms with Gasteiger partial charge in [0.05, 0.1) is 27.2 Å². The molecule has 0 spiro atoms. The Morgan fingerprint density at radius 1 is 0.806 bits per heavy atom. The fourth-order valence-electron chi connectivity index (χ4n) is 2.86. The maximum Gasteiger partial charge on any atom is 0.253 e. The Balaban J connectivity index is 1.46. The zero-order valence-corrected chi connectivity index (χ0v) is 18.9. The summed E-state index contributed by atoms with van der Waals surface area (Å²) in [6.45, 7) is 0.0868. The van der Waals surface area contributed by atoms with Crippen LogP contribution in [0.4, 0.5) is 11.4 Å². The minimum Gasteiger partial charge on any atom is -0.482 e. The molecule has 0 aliphatic heterocycles. The summed E-state index contributed by atoms with van der Waals surface area (Å²) >= 11 is 24.6. The summed E-state index contributed by atoms with van der Waals surface area (Å²) < 4.78 is 11.4. The van der Waals surface area contributed by atoms with E-state index in [9.17, 15) is 0 Å². The van der Waals surface area contributed by atoms with Crippen molar-refractivity contribution >= 4 is 57.8 Å². The van der Waals surface area contributed by atoms with Gasteiger partial charge in [0.15, 0.2) is 6.61 Å². The van der Waals surface area contributed by atoms with Crippen LogP contribution in [0.3, 0.4) is 0 Å². The first-order valence-corrected chi connectivity index (χ1v) is 10.7. The van der Waals surface area contributed by atoms with Crippen molar-refractivity contribution in [1.82, 2.24) is 10.2 Å². The standard InChI is InChI=1S/C22H15Cl4N3O2/c23-14-8-9-19(17(26)11-14)30-12-21-29-28-20(31-21)10-13-4-1-2-7-18(13)27-22-15(24)5-3-6-16(22)25/h1-9,11,27H,10,12H2. The monoisotopic (exact) mass is 493 g/mol. The Morgan fingerprint density at radius 3 is 2.32 bits per heavy atom. The van der Waals surface area contributed by atoms with E-state index in [1.165, 1.54) is 0 Å². The van der Waals surface area contributed by atoms with Gasteiger partial charge in [-0.25, -0.2) is 0 Å². The van der Waals surface area contributed by atoms with E-state index in [4.69, 9.17) is 55.6 Å². The molecule has 0 aliphatic rings. The summed E-state index contributed by atoms with van der Waals surface area (Å²) in [4.78, 5) is 0. The molecule has 0 atom stereocenters. The van der Waals surface area contributed by atoms with Crippen LogP contribution in [0.1, 0.15) is 17.3 Å². The number of nitrogens with zero attached hydrogens (tertiary/aromatic N) is 2. The first-order chi connectivity index (χ1) is 15.0. The third-order valence-corrected chi connectivity index (χ3v) is 5.50. The molecule has 0 aliphatic carbocycles. The predicted molar refractivity (Wildman–Crippen MR) is 124 cm³/mol. The SMILES string of the molecule is Clc1ccc(OCc2nnc(Cc3ccccc3Nc3c(Cl)cccc3Cl)o2)c(Cl)c1. The number of aromatic nitrogens is 2. The molecule has 3 aromatic carbocycles. The highest BCUT2D eigenvalue weighted by molar-refractivity contribution is 6.39. The van der Waals surface area contributed by atoms with Crippen molar-refractivity contribution in [2.24, 2.45) is 0 Å². The molecule has 4 rings (SSSR count). The molecular weight excluding hydrogens is 480 g/mol. The van der Waals surface area contributed by atoms with Gasteiger partial charge in [0, 0.05) is 10.7 Å². The molecule has 0 fully saturated rings. The normalized spacial score (nSPS) is 10.8. The fraction of sp³-hybridized carbons (Fsp3) is 0.0909. The number of rotatable bonds is 7. The second-order valence-corrected chi connectivity index (χ2v) is 8.17. The molecule has 0 unspecified atom stereocenters. The number of hydrogen-bond donors (Lipinski definition) is 1. The van der Waals surface area contributed by atoms with E-state index in [1.807, 2.05) is 24.3 Å². The smallest absolute Gasteiger partial charge is 0.253 e. The summed E-state index contributed by atoms with van der Waals surface area (Å²) in [5.74, 6) is 1.26. The van der Waals surface area contributed by atoms with Gasteiger partial charge in [-0.1, -0.05) is 70.7 Å². The summed E-state index contributed by atoms with van der Waals surface area (Å²) in [5, 5.41) is 13.4. The van der Waals surface area contributed by atoms with Crippen molar-refractivity contribution in [3.63, 3.8) is 0 Å². The van der Waals surface area contributed by atoms with Crippen LogP contribution in [0.5, 0.6) is 5.75 Å². The minimum atomic E-state index is 0.0868. The van der Waals surface area contributed by atoms with Crippen molar-refractivity contribution in [1.29, 1.82) is 0 Å². The van der Waals surface area contributed by atoms with Crippen LogP contribution in [-0.2, 0) is 13.0 Å². The lowest BCUT2D eigenvalue weighted by Gasteiger charge is -2.13. The van der Waals surface area contributed by atoms with E-state index in [0.29, 0.717) is 49.7 Å². The van der Waals surface area contributed by atoms with Gasteiger partial charge in [-0.2, -0.15) is 0 Å². The fourth-order valence-corrected chi connectivity index (χ4v) is 3.82. The second kappa shape index (κ2) is 9.79. The average molecular weight is 495 g/mol. The molecule has 1 N–H and O–H groups in total. The van der Waals surface area contributed by atoms with Crippen LogP contribution < -0.4 is 10.1 Å². The highest BCUT2D eigenvalue weighted by atomic mass is 35.5. The lowest BCUT2D eigenvalue weighted by Crippen LogP contribution is -1.98. The van der Waals surface area contributed by atoms with Gasteiger partial charge in [0.25, 0.3) is 5.89 Å². The van der Waals surface area contributed by atoms with Gasteiger partial charge < -0.3 is 14.5 Å². The van der Waals surface area contributed by atoms with E-state index < -0.39 is 0 Å². The maximum absolute atomic E-state index is 6.28. The Labute approximate surface area is 198 Å². The first kappa shape index (κ1) is 21.8. The number of nitrogens with one attached hydrogen (secondary N) is 1. The Bertz CT molecular complexity index is 1190. The molecule has 31 heavy (non-hydrogen) atoms. The van der Waals surface area contributed by atoms with Crippen molar-refractivity contribution in [2.45, 2.75) is 13.0 Å². The highest BCUT2D eigenvalue weighted by Gasteiger charge is 2.13. The van der Waals surface area contributed by atoms with Gasteiger partial charge in [0.2, 0.25) is 5.89 Å². The summed E-state index contributed by atoms with van der Waals surface area (Å²) in [6.07, 6.45) is 0.417. The summed E-state index contributed by atoms with van der Waals surface area (Å²) in [7, 11) is 0. The van der Waals surface area contributed by atoms with Crippen LogP contribution in [0.2, 0.25) is 20.1 Å². The van der Waals surface area contributed by atoms with E-state index in [-0.39, 0.29) is 6.61 Å². The van der Waals surface area contributed by atoms with Gasteiger partial charge in [-0.3, -0.25) is 0 Å². The van der Waals surface area contributed by atoms with Crippen molar-refractivity contribution in [2.75, 3.05) is 5.32 Å².